The Morgan fingerprint density at radius 2 is 1.64 bits per heavy atom. The van der Waals surface area contributed by atoms with Gasteiger partial charge in [0.05, 0.1) is 12.7 Å². The Balaban J connectivity index is 1.71. The third-order valence-electron chi connectivity index (χ3n) is 3.45. The van der Waals surface area contributed by atoms with E-state index < -0.39 is 21.9 Å². The van der Waals surface area contributed by atoms with Crippen molar-refractivity contribution >= 4 is 44.1 Å². The lowest BCUT2D eigenvalue weighted by molar-refractivity contribution is 0.0600. The summed E-state index contributed by atoms with van der Waals surface area (Å²) in [4.78, 5) is 23.5. The normalized spacial score (nSPS) is 10.9. The number of esters is 1. The van der Waals surface area contributed by atoms with Crippen LogP contribution in [0.2, 0.25) is 0 Å². The maximum Gasteiger partial charge on any atom is 0.337 e. The zero-order valence-corrected chi connectivity index (χ0v) is 16.1. The number of sulfonamides is 1. The van der Waals surface area contributed by atoms with E-state index in [9.17, 15) is 18.0 Å². The van der Waals surface area contributed by atoms with Crippen LogP contribution in [0, 0.1) is 0 Å². The fourth-order valence-corrected chi connectivity index (χ4v) is 4.07. The van der Waals surface area contributed by atoms with Crippen LogP contribution in [-0.2, 0) is 14.8 Å². The average Bonchev–Trinajstić information content (AvgIpc) is 3.18. The number of anilines is 2. The van der Waals surface area contributed by atoms with Crippen molar-refractivity contribution in [2.75, 3.05) is 17.1 Å². The van der Waals surface area contributed by atoms with Gasteiger partial charge in [0.2, 0.25) is 5.13 Å². The van der Waals surface area contributed by atoms with Gasteiger partial charge in [0.15, 0.2) is 0 Å². The lowest BCUT2D eigenvalue weighted by Crippen LogP contribution is -2.13. The predicted octanol–water partition coefficient (Wildman–Crippen LogP) is 2.38. The van der Waals surface area contributed by atoms with Crippen molar-refractivity contribution in [2.24, 2.45) is 0 Å². The van der Waals surface area contributed by atoms with Gasteiger partial charge in [-0.15, -0.1) is 10.2 Å². The standard InChI is InChI=1S/C17H14N4O5S2/c1-26-15(23)12-7-9-13(10-8-12)21-28(24,25)17-20-19-16(27-17)18-14(22)11-5-3-2-4-6-11/h2-10,21H,1H3,(H,18,19,22). The average molecular weight is 418 g/mol. The Morgan fingerprint density at radius 1 is 0.964 bits per heavy atom. The Kier molecular flexibility index (Phi) is 5.66. The Hall–Kier alpha value is -3.31. The number of nitrogens with zero attached hydrogens (tertiary/aromatic N) is 2. The number of benzene rings is 2. The molecule has 11 heteroatoms. The molecule has 1 aromatic heterocycles. The summed E-state index contributed by atoms with van der Waals surface area (Å²) in [6.07, 6.45) is 0. The van der Waals surface area contributed by atoms with Crippen molar-refractivity contribution in [3.8, 4) is 0 Å². The fourth-order valence-electron chi connectivity index (χ4n) is 2.12. The van der Waals surface area contributed by atoms with Crippen molar-refractivity contribution in [3.05, 3.63) is 65.7 Å². The van der Waals surface area contributed by atoms with Gasteiger partial charge in [-0.05, 0) is 36.4 Å². The highest BCUT2D eigenvalue weighted by atomic mass is 32.2. The van der Waals surface area contributed by atoms with Gasteiger partial charge < -0.3 is 4.74 Å². The zero-order valence-electron chi connectivity index (χ0n) is 14.4. The van der Waals surface area contributed by atoms with Gasteiger partial charge in [0.1, 0.15) is 0 Å². The van der Waals surface area contributed by atoms with Crippen LogP contribution < -0.4 is 10.0 Å². The highest BCUT2D eigenvalue weighted by molar-refractivity contribution is 7.94. The lowest BCUT2D eigenvalue weighted by Gasteiger charge is -2.05. The Bertz CT molecular complexity index is 1100. The molecule has 9 nitrogen and oxygen atoms in total. The highest BCUT2D eigenvalue weighted by Crippen LogP contribution is 2.23. The molecule has 0 saturated carbocycles. The summed E-state index contributed by atoms with van der Waals surface area (Å²) in [5.74, 6) is -0.954. The molecule has 0 saturated heterocycles. The van der Waals surface area contributed by atoms with Gasteiger partial charge in [-0.2, -0.15) is 8.42 Å². The maximum atomic E-state index is 12.4. The third kappa shape index (κ3) is 4.50. The number of ether oxygens (including phenoxy) is 1. The molecule has 1 heterocycles. The van der Waals surface area contributed by atoms with E-state index in [0.29, 0.717) is 16.9 Å². The molecule has 0 aliphatic carbocycles. The summed E-state index contributed by atoms with van der Waals surface area (Å²) in [6.45, 7) is 0. The molecule has 0 aliphatic rings. The maximum absolute atomic E-state index is 12.4. The second-order valence-corrected chi connectivity index (χ2v) is 8.20. The fraction of sp³-hybridized carbons (Fsp3) is 0.0588. The first-order valence-electron chi connectivity index (χ1n) is 7.80. The number of methoxy groups -OCH3 is 1. The molecular weight excluding hydrogens is 404 g/mol. The smallest absolute Gasteiger partial charge is 0.337 e. The molecular formula is C17H14N4O5S2. The first-order valence-corrected chi connectivity index (χ1v) is 10.1. The first-order chi connectivity index (χ1) is 13.4. The van der Waals surface area contributed by atoms with Crippen molar-refractivity contribution in [2.45, 2.75) is 4.34 Å². The number of nitrogens with one attached hydrogen (secondary N) is 2. The summed E-state index contributed by atoms with van der Waals surface area (Å²) in [5.41, 5.74) is 0.927. The van der Waals surface area contributed by atoms with E-state index in [0.717, 1.165) is 0 Å². The van der Waals surface area contributed by atoms with Crippen molar-refractivity contribution in [1.29, 1.82) is 0 Å². The molecule has 2 N–H and O–H groups in total. The summed E-state index contributed by atoms with van der Waals surface area (Å²) >= 11 is 0.715. The molecule has 0 radical (unpaired) electrons. The SMILES string of the molecule is COC(=O)c1ccc(NS(=O)(=O)c2nnc(NC(=O)c3ccccc3)s2)cc1. The summed E-state index contributed by atoms with van der Waals surface area (Å²) in [6, 6.07) is 14.1. The van der Waals surface area contributed by atoms with Gasteiger partial charge in [0.25, 0.3) is 20.3 Å². The number of aromatic nitrogens is 2. The minimum absolute atomic E-state index is 0.0512. The van der Waals surface area contributed by atoms with Crippen LogP contribution in [0.4, 0.5) is 10.8 Å². The molecule has 0 fully saturated rings. The predicted molar refractivity (Wildman–Crippen MR) is 103 cm³/mol. The number of hydrogen-bond acceptors (Lipinski definition) is 8. The second kappa shape index (κ2) is 8.15. The molecule has 28 heavy (non-hydrogen) atoms. The van der Waals surface area contributed by atoms with Crippen molar-refractivity contribution in [1.82, 2.24) is 10.2 Å². The van der Waals surface area contributed by atoms with E-state index in [-0.39, 0.29) is 20.7 Å². The van der Waals surface area contributed by atoms with Crippen LogP contribution >= 0.6 is 11.3 Å². The second-order valence-electron chi connectivity index (χ2n) is 5.37. The number of carbonyl (C=O) groups excluding carboxylic acids is 2. The minimum atomic E-state index is -4.00. The molecule has 0 aliphatic heterocycles. The van der Waals surface area contributed by atoms with Gasteiger partial charge >= 0.3 is 5.97 Å². The number of carbonyl (C=O) groups is 2. The summed E-state index contributed by atoms with van der Waals surface area (Å²) < 4.78 is 31.5. The minimum Gasteiger partial charge on any atom is -0.465 e. The van der Waals surface area contributed by atoms with E-state index in [1.165, 1.54) is 31.4 Å². The van der Waals surface area contributed by atoms with Crippen LogP contribution in [0.3, 0.4) is 0 Å². The molecule has 1 amide bonds. The molecule has 0 spiro atoms. The van der Waals surface area contributed by atoms with E-state index >= 15 is 0 Å². The van der Waals surface area contributed by atoms with E-state index in [4.69, 9.17) is 0 Å². The topological polar surface area (TPSA) is 127 Å². The van der Waals surface area contributed by atoms with E-state index in [2.05, 4.69) is 25.0 Å². The van der Waals surface area contributed by atoms with Gasteiger partial charge in [-0.25, -0.2) is 4.79 Å². The quantitative estimate of drug-likeness (QED) is 0.465. The van der Waals surface area contributed by atoms with Gasteiger partial charge in [-0.1, -0.05) is 29.5 Å². The van der Waals surface area contributed by atoms with Crippen LogP contribution in [-0.4, -0.2) is 37.6 Å². The van der Waals surface area contributed by atoms with E-state index in [1.54, 1.807) is 30.3 Å². The summed E-state index contributed by atoms with van der Waals surface area (Å²) in [5, 5.41) is 9.87. The van der Waals surface area contributed by atoms with Crippen LogP contribution in [0.1, 0.15) is 20.7 Å². The first kappa shape index (κ1) is 19.5. The number of hydrogen-bond donors (Lipinski definition) is 2. The lowest BCUT2D eigenvalue weighted by atomic mass is 10.2. The van der Waals surface area contributed by atoms with Crippen molar-refractivity contribution < 1.29 is 22.7 Å². The largest absolute Gasteiger partial charge is 0.465 e. The number of rotatable bonds is 6. The third-order valence-corrected chi connectivity index (χ3v) is 6.04. The molecule has 3 rings (SSSR count). The van der Waals surface area contributed by atoms with Crippen LogP contribution in [0.5, 0.6) is 0 Å². The van der Waals surface area contributed by atoms with Gasteiger partial charge in [0, 0.05) is 11.3 Å². The van der Waals surface area contributed by atoms with Crippen LogP contribution in [0.25, 0.3) is 0 Å². The molecule has 0 bridgehead atoms. The molecule has 0 atom stereocenters. The van der Waals surface area contributed by atoms with Gasteiger partial charge in [-0.3, -0.25) is 14.8 Å². The summed E-state index contributed by atoms with van der Waals surface area (Å²) in [7, 11) is -2.75. The molecule has 144 valence electrons. The monoisotopic (exact) mass is 418 g/mol. The zero-order chi connectivity index (χ0) is 20.1. The molecule has 3 aromatic rings. The van der Waals surface area contributed by atoms with E-state index in [1.807, 2.05) is 0 Å². The molecule has 0 unspecified atom stereocenters. The van der Waals surface area contributed by atoms with Crippen molar-refractivity contribution in [3.63, 3.8) is 0 Å². The Morgan fingerprint density at radius 3 is 2.29 bits per heavy atom. The number of amides is 1. The molecule has 2 aromatic carbocycles. The van der Waals surface area contributed by atoms with Crippen LogP contribution in [0.15, 0.2) is 58.9 Å². The Labute approximate surface area is 164 Å². The highest BCUT2D eigenvalue weighted by Gasteiger charge is 2.21.